The highest BCUT2D eigenvalue weighted by Gasteiger charge is 2.17. The Labute approximate surface area is 143 Å². The van der Waals surface area contributed by atoms with Crippen LogP contribution in [0, 0.1) is 6.92 Å². The molecule has 3 rings (SSSR count). The standard InChI is InChI=1S/C17H16ClN3OS/c1-10-7-8-12(9-13(10)18)19-16(22)11(2)23-17-20-14-5-3-4-6-15(14)21-17/h3-9,11H,1-2H3,(H,19,22)(H,20,21). The number of halogens is 1. The van der Waals surface area contributed by atoms with E-state index in [0.29, 0.717) is 10.7 Å². The van der Waals surface area contributed by atoms with E-state index >= 15 is 0 Å². The number of fused-ring (bicyclic) bond motifs is 1. The Hall–Kier alpha value is -1.98. The lowest BCUT2D eigenvalue weighted by Crippen LogP contribution is -2.22. The molecule has 1 atom stereocenters. The quantitative estimate of drug-likeness (QED) is 0.677. The van der Waals surface area contributed by atoms with Gasteiger partial charge in [-0.3, -0.25) is 4.79 Å². The van der Waals surface area contributed by atoms with Gasteiger partial charge in [0.25, 0.3) is 0 Å². The molecule has 0 saturated carbocycles. The molecule has 0 aliphatic rings. The Balaban J connectivity index is 1.68. The van der Waals surface area contributed by atoms with Gasteiger partial charge in [0.1, 0.15) is 0 Å². The monoisotopic (exact) mass is 345 g/mol. The van der Waals surface area contributed by atoms with Crippen molar-refractivity contribution in [1.82, 2.24) is 9.97 Å². The molecule has 23 heavy (non-hydrogen) atoms. The molecule has 0 aliphatic heterocycles. The summed E-state index contributed by atoms with van der Waals surface area (Å²) in [5.41, 5.74) is 3.54. The fraction of sp³-hybridized carbons (Fsp3) is 0.176. The number of amides is 1. The Bertz CT molecular complexity index is 829. The van der Waals surface area contributed by atoms with Gasteiger partial charge in [-0.2, -0.15) is 0 Å². The molecule has 4 nitrogen and oxygen atoms in total. The molecule has 2 N–H and O–H groups in total. The van der Waals surface area contributed by atoms with Crippen LogP contribution in [0.5, 0.6) is 0 Å². The number of nitrogens with zero attached hydrogens (tertiary/aromatic N) is 1. The van der Waals surface area contributed by atoms with Crippen LogP contribution in [0.25, 0.3) is 11.0 Å². The summed E-state index contributed by atoms with van der Waals surface area (Å²) in [6, 6.07) is 13.3. The Morgan fingerprint density at radius 3 is 2.83 bits per heavy atom. The number of benzene rings is 2. The Kier molecular flexibility index (Phi) is 4.59. The van der Waals surface area contributed by atoms with Crippen LogP contribution in [0.2, 0.25) is 5.02 Å². The number of imidazole rings is 1. The Morgan fingerprint density at radius 2 is 2.09 bits per heavy atom. The van der Waals surface area contributed by atoms with Crippen molar-refractivity contribution in [3.63, 3.8) is 0 Å². The molecule has 1 amide bonds. The summed E-state index contributed by atoms with van der Waals surface area (Å²) >= 11 is 7.47. The van der Waals surface area contributed by atoms with Gasteiger partial charge in [-0.1, -0.05) is 41.6 Å². The van der Waals surface area contributed by atoms with Gasteiger partial charge in [0.2, 0.25) is 5.91 Å². The van der Waals surface area contributed by atoms with E-state index in [1.165, 1.54) is 11.8 Å². The molecule has 1 unspecified atom stereocenters. The number of anilines is 1. The van der Waals surface area contributed by atoms with Crippen LogP contribution in [0.1, 0.15) is 12.5 Å². The number of hydrogen-bond acceptors (Lipinski definition) is 3. The van der Waals surface area contributed by atoms with Gasteiger partial charge in [-0.25, -0.2) is 4.98 Å². The van der Waals surface area contributed by atoms with E-state index in [1.54, 1.807) is 6.07 Å². The molecule has 3 aromatic rings. The maximum absolute atomic E-state index is 12.3. The molecule has 0 aliphatic carbocycles. The van der Waals surface area contributed by atoms with Crippen LogP contribution < -0.4 is 5.32 Å². The van der Waals surface area contributed by atoms with Crippen molar-refractivity contribution in [2.45, 2.75) is 24.3 Å². The van der Waals surface area contributed by atoms with E-state index in [9.17, 15) is 4.79 Å². The van der Waals surface area contributed by atoms with Gasteiger partial charge in [0.05, 0.1) is 16.3 Å². The Morgan fingerprint density at radius 1 is 1.30 bits per heavy atom. The fourth-order valence-electron chi connectivity index (χ4n) is 2.12. The highest BCUT2D eigenvalue weighted by molar-refractivity contribution is 8.00. The number of carbonyl (C=O) groups excluding carboxylic acids is 1. The van der Waals surface area contributed by atoms with Crippen LogP contribution in [-0.2, 0) is 4.79 Å². The zero-order valence-corrected chi connectivity index (χ0v) is 14.3. The van der Waals surface area contributed by atoms with Crippen molar-refractivity contribution >= 4 is 46.0 Å². The maximum atomic E-state index is 12.3. The second-order valence-electron chi connectivity index (χ2n) is 5.27. The van der Waals surface area contributed by atoms with Gasteiger partial charge in [0.15, 0.2) is 5.16 Å². The lowest BCUT2D eigenvalue weighted by Gasteiger charge is -2.11. The van der Waals surface area contributed by atoms with Crippen molar-refractivity contribution in [2.24, 2.45) is 0 Å². The minimum Gasteiger partial charge on any atom is -0.333 e. The van der Waals surface area contributed by atoms with Crippen LogP contribution in [0.4, 0.5) is 5.69 Å². The zero-order valence-electron chi connectivity index (χ0n) is 12.8. The van der Waals surface area contributed by atoms with E-state index in [-0.39, 0.29) is 11.2 Å². The van der Waals surface area contributed by atoms with Crippen LogP contribution >= 0.6 is 23.4 Å². The number of nitrogens with one attached hydrogen (secondary N) is 2. The van der Waals surface area contributed by atoms with Gasteiger partial charge in [-0.15, -0.1) is 0 Å². The molecule has 118 valence electrons. The first-order valence-corrected chi connectivity index (χ1v) is 8.47. The molecule has 1 aromatic heterocycles. The first kappa shape index (κ1) is 15.9. The summed E-state index contributed by atoms with van der Waals surface area (Å²) in [7, 11) is 0. The van der Waals surface area contributed by atoms with E-state index in [0.717, 1.165) is 21.8 Å². The molecule has 0 saturated heterocycles. The third kappa shape index (κ3) is 3.68. The number of H-pyrrole nitrogens is 1. The van der Waals surface area contributed by atoms with E-state index in [4.69, 9.17) is 11.6 Å². The smallest absolute Gasteiger partial charge is 0.237 e. The molecule has 2 aromatic carbocycles. The number of para-hydroxylation sites is 2. The lowest BCUT2D eigenvalue weighted by molar-refractivity contribution is -0.115. The largest absolute Gasteiger partial charge is 0.333 e. The molecule has 0 bridgehead atoms. The van der Waals surface area contributed by atoms with Crippen molar-refractivity contribution in [2.75, 3.05) is 5.32 Å². The molecule has 1 heterocycles. The summed E-state index contributed by atoms with van der Waals surface area (Å²) in [6.45, 7) is 3.77. The molecule has 0 spiro atoms. The van der Waals surface area contributed by atoms with E-state index in [2.05, 4.69) is 15.3 Å². The van der Waals surface area contributed by atoms with Crippen molar-refractivity contribution in [3.8, 4) is 0 Å². The average Bonchev–Trinajstić information content (AvgIpc) is 2.93. The summed E-state index contributed by atoms with van der Waals surface area (Å²) in [5.74, 6) is -0.0876. The minimum absolute atomic E-state index is 0.0876. The normalized spacial score (nSPS) is 12.3. The van der Waals surface area contributed by atoms with Crippen LogP contribution in [0.3, 0.4) is 0 Å². The second-order valence-corrected chi connectivity index (χ2v) is 7.01. The van der Waals surface area contributed by atoms with E-state index < -0.39 is 0 Å². The van der Waals surface area contributed by atoms with Gasteiger partial charge in [-0.05, 0) is 43.7 Å². The van der Waals surface area contributed by atoms with Gasteiger partial charge in [0, 0.05) is 10.7 Å². The molecule has 6 heteroatoms. The highest BCUT2D eigenvalue weighted by atomic mass is 35.5. The number of thioether (sulfide) groups is 1. The van der Waals surface area contributed by atoms with Crippen molar-refractivity contribution < 1.29 is 4.79 Å². The SMILES string of the molecule is Cc1ccc(NC(=O)C(C)Sc2nc3ccccc3[nH]2)cc1Cl. The fourth-order valence-corrected chi connectivity index (χ4v) is 3.12. The first-order chi connectivity index (χ1) is 11.0. The molecule has 0 fully saturated rings. The summed E-state index contributed by atoms with van der Waals surface area (Å²) in [5, 5.41) is 3.97. The molecular weight excluding hydrogens is 330 g/mol. The van der Waals surface area contributed by atoms with Crippen molar-refractivity contribution in [1.29, 1.82) is 0 Å². The lowest BCUT2D eigenvalue weighted by atomic mass is 10.2. The van der Waals surface area contributed by atoms with Crippen LogP contribution in [-0.4, -0.2) is 21.1 Å². The molecular formula is C17H16ClN3OS. The average molecular weight is 346 g/mol. The second kappa shape index (κ2) is 6.64. The summed E-state index contributed by atoms with van der Waals surface area (Å²) < 4.78 is 0. The third-order valence-electron chi connectivity index (χ3n) is 3.46. The van der Waals surface area contributed by atoms with E-state index in [1.807, 2.05) is 50.2 Å². The number of carbonyl (C=O) groups is 1. The predicted molar refractivity (Wildman–Crippen MR) is 96.2 cm³/mol. The van der Waals surface area contributed by atoms with Gasteiger partial charge >= 0.3 is 0 Å². The number of aromatic amines is 1. The highest BCUT2D eigenvalue weighted by Crippen LogP contribution is 2.25. The number of aromatic nitrogens is 2. The van der Waals surface area contributed by atoms with Crippen molar-refractivity contribution in [3.05, 3.63) is 53.1 Å². The number of rotatable bonds is 4. The maximum Gasteiger partial charge on any atom is 0.237 e. The number of aryl methyl sites for hydroxylation is 1. The minimum atomic E-state index is -0.282. The summed E-state index contributed by atoms with van der Waals surface area (Å²) in [4.78, 5) is 20.0. The summed E-state index contributed by atoms with van der Waals surface area (Å²) in [6.07, 6.45) is 0. The molecule has 0 radical (unpaired) electrons. The first-order valence-electron chi connectivity index (χ1n) is 7.21. The number of hydrogen-bond donors (Lipinski definition) is 2. The van der Waals surface area contributed by atoms with Crippen LogP contribution in [0.15, 0.2) is 47.6 Å². The third-order valence-corrected chi connectivity index (χ3v) is 4.86. The topological polar surface area (TPSA) is 57.8 Å². The van der Waals surface area contributed by atoms with Gasteiger partial charge < -0.3 is 10.3 Å². The predicted octanol–water partition coefficient (Wildman–Crippen LogP) is 4.64. The zero-order chi connectivity index (χ0) is 16.4.